The third-order valence-corrected chi connectivity index (χ3v) is 17.6. The molecule has 7 aliphatic rings. The van der Waals surface area contributed by atoms with E-state index in [2.05, 4.69) is 70.5 Å². The van der Waals surface area contributed by atoms with E-state index in [1.807, 2.05) is 0 Å². The first-order chi connectivity index (χ1) is 23.6. The Morgan fingerprint density at radius 1 is 0.960 bits per heavy atom. The van der Waals surface area contributed by atoms with Crippen molar-refractivity contribution in [3.63, 3.8) is 0 Å². The second-order valence-electron chi connectivity index (χ2n) is 19.8. The van der Waals surface area contributed by atoms with Gasteiger partial charge in [0.05, 0.1) is 5.41 Å². The quantitative estimate of drug-likeness (QED) is 0.187. The molecule has 5 fully saturated rings. The Morgan fingerprint density at radius 3 is 2.38 bits per heavy atom. The predicted octanol–water partition coefficient (Wildman–Crippen LogP) is 9.69. The van der Waals surface area contributed by atoms with Gasteiger partial charge in [-0.25, -0.2) is 4.39 Å². The van der Waals surface area contributed by atoms with Gasteiger partial charge in [-0.1, -0.05) is 58.9 Å². The summed E-state index contributed by atoms with van der Waals surface area (Å²) in [5, 5.41) is 14.0. The van der Waals surface area contributed by atoms with E-state index in [1.54, 1.807) is 0 Å². The number of halogens is 1. The summed E-state index contributed by atoms with van der Waals surface area (Å²) >= 11 is 0. The van der Waals surface area contributed by atoms with Gasteiger partial charge in [0.25, 0.3) is 0 Å². The van der Waals surface area contributed by atoms with Crippen molar-refractivity contribution < 1.29 is 19.1 Å². The molecule has 5 nitrogen and oxygen atoms in total. The molecule has 7 rings (SSSR count). The molecule has 0 aromatic carbocycles. The lowest BCUT2D eigenvalue weighted by Crippen LogP contribution is -2.68. The molecule has 1 saturated heterocycles. The lowest BCUT2D eigenvalue weighted by Gasteiger charge is -2.72. The van der Waals surface area contributed by atoms with Gasteiger partial charge in [0.2, 0.25) is 5.91 Å². The summed E-state index contributed by atoms with van der Waals surface area (Å²) in [4.78, 5) is 26.3. The first-order valence-electron chi connectivity index (χ1n) is 20.5. The molecular weight excluding hydrogens is 623 g/mol. The molecule has 6 aliphatic carbocycles. The van der Waals surface area contributed by atoms with Crippen molar-refractivity contribution in [3.8, 4) is 0 Å². The van der Waals surface area contributed by atoms with Gasteiger partial charge in [-0.05, 0) is 166 Å². The average molecular weight is 691 g/mol. The predicted molar refractivity (Wildman–Crippen MR) is 199 cm³/mol. The number of nitrogens with one attached hydrogen (secondary N) is 1. The fourth-order valence-corrected chi connectivity index (χ4v) is 14.7. The minimum atomic E-state index is -1.25. The largest absolute Gasteiger partial charge is 0.481 e. The van der Waals surface area contributed by atoms with Gasteiger partial charge in [-0.15, -0.1) is 0 Å². The molecule has 1 heterocycles. The number of aliphatic carboxylic acids is 1. The van der Waals surface area contributed by atoms with Crippen LogP contribution in [0.1, 0.15) is 138 Å². The van der Waals surface area contributed by atoms with E-state index >= 15 is 0 Å². The fourth-order valence-electron chi connectivity index (χ4n) is 14.7. The minimum Gasteiger partial charge on any atom is -0.481 e. The molecule has 0 aromatic rings. The molecule has 1 amide bonds. The van der Waals surface area contributed by atoms with Crippen LogP contribution >= 0.6 is 0 Å². The highest BCUT2D eigenvalue weighted by Crippen LogP contribution is 2.76. The number of alkyl halides is 1. The van der Waals surface area contributed by atoms with E-state index in [9.17, 15) is 19.1 Å². The van der Waals surface area contributed by atoms with Crippen molar-refractivity contribution in [1.82, 2.24) is 10.2 Å². The van der Waals surface area contributed by atoms with Crippen molar-refractivity contribution in [2.45, 2.75) is 143 Å². The molecule has 2 N–H and O–H groups in total. The Morgan fingerprint density at radius 2 is 1.74 bits per heavy atom. The maximum absolute atomic E-state index is 14.0. The summed E-state index contributed by atoms with van der Waals surface area (Å²) in [7, 11) is 0. The van der Waals surface area contributed by atoms with Crippen LogP contribution in [-0.4, -0.2) is 53.7 Å². The van der Waals surface area contributed by atoms with Crippen molar-refractivity contribution in [2.24, 2.45) is 56.7 Å². The Labute approximate surface area is 302 Å². The fraction of sp³-hybridized carbons (Fsp3) is 0.818. The first kappa shape index (κ1) is 36.4. The van der Waals surface area contributed by atoms with Gasteiger partial charge in [-0.2, -0.15) is 0 Å². The van der Waals surface area contributed by atoms with E-state index in [4.69, 9.17) is 0 Å². The number of likely N-dealkylation sites (tertiary alicyclic amines) is 1. The zero-order chi connectivity index (χ0) is 35.9. The Hall–Kier alpha value is -1.95. The summed E-state index contributed by atoms with van der Waals surface area (Å²) in [5.41, 5.74) is 3.79. The molecule has 10 unspecified atom stereocenters. The number of rotatable bonds is 9. The van der Waals surface area contributed by atoms with Crippen molar-refractivity contribution in [2.75, 3.05) is 26.3 Å². The topological polar surface area (TPSA) is 69.6 Å². The van der Waals surface area contributed by atoms with Gasteiger partial charge >= 0.3 is 5.97 Å². The van der Waals surface area contributed by atoms with Gasteiger partial charge in [-0.3, -0.25) is 9.59 Å². The number of carboxylic acid groups (broad SMARTS) is 1. The number of hydrogen-bond donors (Lipinski definition) is 2. The maximum atomic E-state index is 14.0. The van der Waals surface area contributed by atoms with Crippen LogP contribution < -0.4 is 5.32 Å². The Bertz CT molecular complexity index is 1470. The van der Waals surface area contributed by atoms with Crippen LogP contribution in [0, 0.1) is 56.7 Å². The smallest absolute Gasteiger partial charge is 0.312 e. The molecule has 0 radical (unpaired) electrons. The van der Waals surface area contributed by atoms with E-state index in [-0.39, 0.29) is 27.2 Å². The molecule has 1 aliphatic heterocycles. The summed E-state index contributed by atoms with van der Waals surface area (Å²) in [5.74, 6) is 2.49. The standard InChI is InChI=1S/C44H67FN2O3/c1-29(2)31-15-22-44(46-25-9-27-47-26-8-10-36(47)48)24-23-41(6)33(37(31)44)11-12-35-40(5)18-16-32(39(3,4)34(40)17-19-42(35,41)7)30-13-20-43(28-45,21-14-30)38(49)50/h13,16,31,33-35,37,46H,1,8-12,14-15,17-28H2,2-7H3,(H,49,50). The van der Waals surface area contributed by atoms with E-state index in [0.29, 0.717) is 54.8 Å². The molecule has 0 bridgehead atoms. The third kappa shape index (κ3) is 5.20. The minimum absolute atomic E-state index is 0.00131. The SMILES string of the molecule is C=C(C)C1CCC2(NCCCN3CCCC3=O)CCC3(C)C(CCC4C5(C)CC=C(C6=CCC(CF)(C(=O)O)CC6)C(C)(C)C5CCC43C)C12. The monoisotopic (exact) mass is 691 g/mol. The Balaban J connectivity index is 1.13. The number of amides is 1. The highest BCUT2D eigenvalue weighted by atomic mass is 19.1. The van der Waals surface area contributed by atoms with Gasteiger partial charge < -0.3 is 15.3 Å². The molecule has 6 heteroatoms. The van der Waals surface area contributed by atoms with Crippen LogP contribution in [-0.2, 0) is 9.59 Å². The van der Waals surface area contributed by atoms with Crippen LogP contribution in [0.4, 0.5) is 4.39 Å². The number of carboxylic acids is 1. The number of carbonyl (C=O) groups is 2. The maximum Gasteiger partial charge on any atom is 0.312 e. The lowest BCUT2D eigenvalue weighted by atomic mass is 9.33. The van der Waals surface area contributed by atoms with Gasteiger partial charge in [0.15, 0.2) is 0 Å². The molecule has 10 atom stereocenters. The summed E-state index contributed by atoms with van der Waals surface area (Å²) in [6.07, 6.45) is 20.0. The van der Waals surface area contributed by atoms with Gasteiger partial charge in [0, 0.05) is 25.0 Å². The van der Waals surface area contributed by atoms with Crippen LogP contribution in [0.3, 0.4) is 0 Å². The lowest BCUT2D eigenvalue weighted by molar-refractivity contribution is -0.221. The highest BCUT2D eigenvalue weighted by Gasteiger charge is 2.70. The number of fused-ring (bicyclic) bond motifs is 7. The van der Waals surface area contributed by atoms with Crippen molar-refractivity contribution in [1.29, 1.82) is 0 Å². The summed E-state index contributed by atoms with van der Waals surface area (Å²) < 4.78 is 14.0. The average Bonchev–Trinajstić information content (AvgIpc) is 3.66. The summed E-state index contributed by atoms with van der Waals surface area (Å²) in [6, 6.07) is 0. The van der Waals surface area contributed by atoms with Gasteiger partial charge in [0.1, 0.15) is 6.67 Å². The summed E-state index contributed by atoms with van der Waals surface area (Å²) in [6.45, 7) is 21.9. The van der Waals surface area contributed by atoms with E-state index in [0.717, 1.165) is 45.3 Å². The number of allylic oxidation sites excluding steroid dienone is 5. The van der Waals surface area contributed by atoms with E-state index in [1.165, 1.54) is 68.1 Å². The molecule has 50 heavy (non-hydrogen) atoms. The molecular formula is C44H67FN2O3. The van der Waals surface area contributed by atoms with E-state index < -0.39 is 18.1 Å². The zero-order valence-electron chi connectivity index (χ0n) is 32.3. The zero-order valence-corrected chi connectivity index (χ0v) is 32.3. The number of hydrogen-bond acceptors (Lipinski definition) is 3. The van der Waals surface area contributed by atoms with Crippen molar-refractivity contribution >= 4 is 11.9 Å². The molecule has 0 spiro atoms. The first-order valence-corrected chi connectivity index (χ1v) is 20.5. The van der Waals surface area contributed by atoms with Crippen LogP contribution in [0.15, 0.2) is 35.5 Å². The Kier molecular flexibility index (Phi) is 9.16. The van der Waals surface area contributed by atoms with Crippen LogP contribution in [0.25, 0.3) is 0 Å². The highest BCUT2D eigenvalue weighted by molar-refractivity contribution is 5.78. The normalized spacial score (nSPS) is 45.1. The third-order valence-electron chi connectivity index (χ3n) is 17.6. The molecule has 0 aromatic heterocycles. The second-order valence-corrected chi connectivity index (χ2v) is 19.8. The van der Waals surface area contributed by atoms with Crippen LogP contribution in [0.5, 0.6) is 0 Å². The molecule has 278 valence electrons. The van der Waals surface area contributed by atoms with Crippen LogP contribution in [0.2, 0.25) is 0 Å². The number of nitrogens with zero attached hydrogens (tertiary/aromatic N) is 1. The second kappa shape index (κ2) is 12.6. The van der Waals surface area contributed by atoms with Crippen molar-refractivity contribution in [3.05, 3.63) is 35.5 Å². The molecule has 4 saturated carbocycles. The number of carbonyl (C=O) groups excluding carboxylic acids is 1.